The molecule has 9 heteroatoms. The molecule has 100 valence electrons. The SMILES string of the molecule is Cc1ccc(Sc2nsc(NNC(N)=O)n2)c(Cl)c1. The Morgan fingerprint density at radius 2 is 2.32 bits per heavy atom. The van der Waals surface area contributed by atoms with Gasteiger partial charge in [0, 0.05) is 16.4 Å². The molecule has 0 radical (unpaired) electrons. The lowest BCUT2D eigenvalue weighted by molar-refractivity contribution is 0.250. The standard InChI is InChI=1S/C10H10ClN5OS2/c1-5-2-3-7(6(11)4-5)18-10-13-9(19-16-10)15-14-8(12)17/h2-4H,1H3,(H3,12,14,17)(H,13,15,16). The van der Waals surface area contributed by atoms with Crippen molar-refractivity contribution < 1.29 is 4.79 Å². The monoisotopic (exact) mass is 315 g/mol. The van der Waals surface area contributed by atoms with Gasteiger partial charge in [0.15, 0.2) is 0 Å². The van der Waals surface area contributed by atoms with Crippen LogP contribution in [0.15, 0.2) is 28.3 Å². The summed E-state index contributed by atoms with van der Waals surface area (Å²) in [6.45, 7) is 1.97. The van der Waals surface area contributed by atoms with E-state index in [1.165, 1.54) is 11.8 Å². The molecule has 0 atom stereocenters. The highest BCUT2D eigenvalue weighted by atomic mass is 35.5. The maximum Gasteiger partial charge on any atom is 0.330 e. The van der Waals surface area contributed by atoms with Gasteiger partial charge in [0.05, 0.1) is 5.02 Å². The van der Waals surface area contributed by atoms with Gasteiger partial charge in [-0.3, -0.25) is 5.43 Å². The molecule has 19 heavy (non-hydrogen) atoms. The van der Waals surface area contributed by atoms with Crippen molar-refractivity contribution in [1.29, 1.82) is 0 Å². The molecule has 1 heterocycles. The van der Waals surface area contributed by atoms with E-state index in [2.05, 4.69) is 20.2 Å². The number of hydrogen-bond donors (Lipinski definition) is 3. The number of hydrogen-bond acceptors (Lipinski definition) is 6. The summed E-state index contributed by atoms with van der Waals surface area (Å²) in [5, 5.41) is 1.65. The zero-order valence-corrected chi connectivity index (χ0v) is 12.2. The molecule has 0 spiro atoms. The molecule has 0 fully saturated rings. The van der Waals surface area contributed by atoms with Gasteiger partial charge in [-0.1, -0.05) is 17.7 Å². The summed E-state index contributed by atoms with van der Waals surface area (Å²) in [6, 6.07) is 5.07. The number of halogens is 1. The molecule has 6 nitrogen and oxygen atoms in total. The van der Waals surface area contributed by atoms with Crippen LogP contribution in [-0.4, -0.2) is 15.4 Å². The van der Waals surface area contributed by atoms with Crippen LogP contribution >= 0.6 is 34.9 Å². The van der Waals surface area contributed by atoms with Crippen LogP contribution in [0.3, 0.4) is 0 Å². The third-order valence-electron chi connectivity index (χ3n) is 1.99. The fraction of sp³-hybridized carbons (Fsp3) is 0.100. The summed E-state index contributed by atoms with van der Waals surface area (Å²) in [5.41, 5.74) is 10.8. The van der Waals surface area contributed by atoms with E-state index in [-0.39, 0.29) is 0 Å². The number of benzene rings is 1. The minimum absolute atomic E-state index is 0.449. The molecule has 2 aromatic rings. The number of nitrogens with one attached hydrogen (secondary N) is 2. The van der Waals surface area contributed by atoms with E-state index in [4.69, 9.17) is 17.3 Å². The molecular weight excluding hydrogens is 306 g/mol. The number of carbonyl (C=O) groups excluding carboxylic acids is 1. The third kappa shape index (κ3) is 3.98. The minimum atomic E-state index is -0.689. The zero-order chi connectivity index (χ0) is 13.8. The van der Waals surface area contributed by atoms with Gasteiger partial charge >= 0.3 is 6.03 Å². The van der Waals surface area contributed by atoms with Crippen molar-refractivity contribution in [3.8, 4) is 0 Å². The summed E-state index contributed by atoms with van der Waals surface area (Å²) in [5.74, 6) is 0. The number of hydrazine groups is 1. The molecule has 2 amide bonds. The van der Waals surface area contributed by atoms with Crippen LogP contribution in [0.4, 0.5) is 9.93 Å². The first-order valence-electron chi connectivity index (χ1n) is 5.14. The number of carbonyl (C=O) groups is 1. The van der Waals surface area contributed by atoms with Crippen molar-refractivity contribution in [2.45, 2.75) is 17.0 Å². The lowest BCUT2D eigenvalue weighted by Gasteiger charge is -2.02. The Hall–Kier alpha value is -1.51. The quantitative estimate of drug-likeness (QED) is 0.754. The molecule has 0 saturated carbocycles. The molecule has 2 rings (SSSR count). The van der Waals surface area contributed by atoms with Gasteiger partial charge < -0.3 is 5.73 Å². The number of amides is 2. The Morgan fingerprint density at radius 1 is 1.53 bits per heavy atom. The van der Waals surface area contributed by atoms with E-state index >= 15 is 0 Å². The number of aromatic nitrogens is 2. The number of primary amides is 1. The van der Waals surface area contributed by atoms with E-state index in [0.717, 1.165) is 22.0 Å². The first kappa shape index (κ1) is 13.9. The highest BCUT2D eigenvalue weighted by Crippen LogP contribution is 2.33. The van der Waals surface area contributed by atoms with Gasteiger partial charge in [0.25, 0.3) is 0 Å². The summed E-state index contributed by atoms with van der Waals surface area (Å²) in [7, 11) is 0. The molecule has 0 bridgehead atoms. The Labute approximate surface area is 122 Å². The maximum absolute atomic E-state index is 10.5. The normalized spacial score (nSPS) is 10.2. The maximum atomic E-state index is 10.5. The van der Waals surface area contributed by atoms with Crippen molar-refractivity contribution in [3.05, 3.63) is 28.8 Å². The molecule has 0 aliphatic heterocycles. The van der Waals surface area contributed by atoms with E-state index in [0.29, 0.717) is 15.3 Å². The second-order valence-electron chi connectivity index (χ2n) is 3.53. The largest absolute Gasteiger partial charge is 0.350 e. The number of anilines is 1. The Balaban J connectivity index is 2.05. The minimum Gasteiger partial charge on any atom is -0.350 e. The molecular formula is C10H10ClN5OS2. The summed E-state index contributed by atoms with van der Waals surface area (Å²) >= 11 is 8.59. The highest BCUT2D eigenvalue weighted by Gasteiger charge is 2.08. The van der Waals surface area contributed by atoms with Crippen LogP contribution in [0.25, 0.3) is 0 Å². The van der Waals surface area contributed by atoms with E-state index in [9.17, 15) is 4.79 Å². The van der Waals surface area contributed by atoms with Crippen LogP contribution in [-0.2, 0) is 0 Å². The first-order valence-corrected chi connectivity index (χ1v) is 7.10. The number of aryl methyl sites for hydroxylation is 1. The van der Waals surface area contributed by atoms with E-state index in [1.54, 1.807) is 0 Å². The lowest BCUT2D eigenvalue weighted by Crippen LogP contribution is -2.34. The van der Waals surface area contributed by atoms with Gasteiger partial charge in [-0.25, -0.2) is 10.2 Å². The molecule has 0 aliphatic carbocycles. The predicted octanol–water partition coefficient (Wildman–Crippen LogP) is 2.65. The molecule has 0 saturated heterocycles. The molecule has 1 aromatic heterocycles. The Kier molecular flexibility index (Phi) is 4.46. The van der Waals surface area contributed by atoms with Crippen LogP contribution in [0.1, 0.15) is 5.56 Å². The number of urea groups is 1. The summed E-state index contributed by atoms with van der Waals surface area (Å²) in [6.07, 6.45) is 0. The van der Waals surface area contributed by atoms with Gasteiger partial charge in [-0.05, 0) is 36.4 Å². The van der Waals surface area contributed by atoms with Gasteiger partial charge in [-0.15, -0.1) is 0 Å². The smallest absolute Gasteiger partial charge is 0.330 e. The number of nitrogens with two attached hydrogens (primary N) is 1. The zero-order valence-electron chi connectivity index (χ0n) is 9.81. The third-order valence-corrected chi connectivity index (χ3v) is 4.10. The van der Waals surface area contributed by atoms with Gasteiger partial charge in [-0.2, -0.15) is 9.36 Å². The van der Waals surface area contributed by atoms with Crippen LogP contribution in [0, 0.1) is 6.92 Å². The van der Waals surface area contributed by atoms with Crippen LogP contribution in [0.2, 0.25) is 5.02 Å². The van der Waals surface area contributed by atoms with E-state index < -0.39 is 6.03 Å². The van der Waals surface area contributed by atoms with Crippen LogP contribution in [0.5, 0.6) is 0 Å². The van der Waals surface area contributed by atoms with E-state index in [1.807, 2.05) is 25.1 Å². The molecule has 0 unspecified atom stereocenters. The molecule has 0 aliphatic rings. The second-order valence-corrected chi connectivity index (χ2v) is 5.70. The fourth-order valence-electron chi connectivity index (χ4n) is 1.20. The van der Waals surface area contributed by atoms with Crippen molar-refractivity contribution >= 4 is 46.1 Å². The molecule has 1 aromatic carbocycles. The van der Waals surface area contributed by atoms with Crippen LogP contribution < -0.4 is 16.6 Å². The molecule has 4 N–H and O–H groups in total. The summed E-state index contributed by atoms with van der Waals surface area (Å²) < 4.78 is 4.13. The topological polar surface area (TPSA) is 92.9 Å². The number of rotatable bonds is 4. The van der Waals surface area contributed by atoms with Gasteiger partial charge in [0.2, 0.25) is 10.3 Å². The lowest BCUT2D eigenvalue weighted by atomic mass is 10.2. The second kappa shape index (κ2) is 6.09. The van der Waals surface area contributed by atoms with Crippen molar-refractivity contribution in [3.63, 3.8) is 0 Å². The van der Waals surface area contributed by atoms with Crippen molar-refractivity contribution in [1.82, 2.24) is 14.8 Å². The first-order chi connectivity index (χ1) is 9.04. The average Bonchev–Trinajstić information content (AvgIpc) is 2.78. The fourth-order valence-corrected chi connectivity index (χ4v) is 2.93. The average molecular weight is 316 g/mol. The van der Waals surface area contributed by atoms with Gasteiger partial charge in [0.1, 0.15) is 0 Å². The highest BCUT2D eigenvalue weighted by molar-refractivity contribution is 7.99. The van der Waals surface area contributed by atoms with Crippen molar-refractivity contribution in [2.75, 3.05) is 5.43 Å². The Morgan fingerprint density at radius 3 is 3.00 bits per heavy atom. The Bertz CT molecular complexity index is 603. The van der Waals surface area contributed by atoms with Crippen molar-refractivity contribution in [2.24, 2.45) is 5.73 Å². The number of nitrogens with zero attached hydrogens (tertiary/aromatic N) is 2. The predicted molar refractivity (Wildman–Crippen MR) is 76.6 cm³/mol. The summed E-state index contributed by atoms with van der Waals surface area (Å²) in [4.78, 5) is 15.6.